The van der Waals surface area contributed by atoms with E-state index in [9.17, 15) is 9.59 Å². The Balaban J connectivity index is 1.61. The maximum absolute atomic E-state index is 12.7. The van der Waals surface area contributed by atoms with Gasteiger partial charge >= 0.3 is 19.2 Å². The molecule has 1 amide bonds. The zero-order valence-electron chi connectivity index (χ0n) is 22.4. The molecule has 1 N–H and O–H groups in total. The molecule has 1 aromatic heterocycles. The van der Waals surface area contributed by atoms with Crippen molar-refractivity contribution in [2.75, 3.05) is 13.7 Å². The topological polar surface area (TPSA) is 103 Å². The molecule has 2 aliphatic heterocycles. The lowest BCUT2D eigenvalue weighted by Gasteiger charge is -2.32. The third-order valence-electron chi connectivity index (χ3n) is 7.07. The fourth-order valence-electron chi connectivity index (χ4n) is 4.43. The summed E-state index contributed by atoms with van der Waals surface area (Å²) in [7, 11) is 0.652. The predicted molar refractivity (Wildman–Crippen MR) is 136 cm³/mol. The summed E-state index contributed by atoms with van der Waals surface area (Å²) in [5, 5.41) is 0. The Morgan fingerprint density at radius 3 is 2.44 bits per heavy atom. The summed E-state index contributed by atoms with van der Waals surface area (Å²) in [5.41, 5.74) is 0.814. The molecule has 1 aromatic carbocycles. The van der Waals surface area contributed by atoms with Gasteiger partial charge in [-0.05, 0) is 72.8 Å². The zero-order valence-corrected chi connectivity index (χ0v) is 22.4. The first-order valence-corrected chi connectivity index (χ1v) is 12.4. The van der Waals surface area contributed by atoms with Crippen LogP contribution in [0.4, 0.5) is 4.79 Å². The number of methoxy groups -OCH3 is 1. The number of carbonyl (C=O) groups is 2. The second-order valence-corrected chi connectivity index (χ2v) is 11.4. The first-order chi connectivity index (χ1) is 16.7. The van der Waals surface area contributed by atoms with E-state index < -0.39 is 29.9 Å². The van der Waals surface area contributed by atoms with Crippen molar-refractivity contribution in [2.45, 2.75) is 84.2 Å². The van der Waals surface area contributed by atoms with Gasteiger partial charge in [0.1, 0.15) is 11.4 Å². The summed E-state index contributed by atoms with van der Waals surface area (Å²) in [5.74, 6) is 0.205. The normalized spacial score (nSPS) is 21.1. The molecule has 4 rings (SSSR count). The van der Waals surface area contributed by atoms with E-state index >= 15 is 0 Å². The lowest BCUT2D eigenvalue weighted by atomic mass is 9.75. The van der Waals surface area contributed by atoms with E-state index in [4.69, 9.17) is 18.8 Å². The number of amides is 1. The van der Waals surface area contributed by atoms with Gasteiger partial charge < -0.3 is 23.8 Å². The van der Waals surface area contributed by atoms with Gasteiger partial charge in [0.25, 0.3) is 0 Å². The molecule has 2 aromatic rings. The molecule has 9 nitrogen and oxygen atoms in total. The fraction of sp³-hybridized carbons (Fsp3) is 0.577. The summed E-state index contributed by atoms with van der Waals surface area (Å²) in [4.78, 5) is 35.1. The number of imidazole rings is 1. The number of carbonyl (C=O) groups excluding carboxylic acids is 2. The number of hydrogen-bond acceptors (Lipinski definition) is 7. The minimum absolute atomic E-state index is 0.197. The van der Waals surface area contributed by atoms with Gasteiger partial charge in [-0.15, -0.1) is 0 Å². The highest BCUT2D eigenvalue weighted by Gasteiger charge is 2.52. The molecule has 0 radical (unpaired) electrons. The highest BCUT2D eigenvalue weighted by molar-refractivity contribution is 6.63. The van der Waals surface area contributed by atoms with E-state index in [0.29, 0.717) is 23.4 Å². The van der Waals surface area contributed by atoms with Gasteiger partial charge in [-0.25, -0.2) is 14.6 Å². The first kappa shape index (κ1) is 26.2. The average molecular weight is 497 g/mol. The molecule has 1 unspecified atom stereocenters. The van der Waals surface area contributed by atoms with Gasteiger partial charge in [0.15, 0.2) is 0 Å². The predicted octanol–water partition coefficient (Wildman–Crippen LogP) is 4.23. The molecule has 194 valence electrons. The molecular weight excluding hydrogens is 461 g/mol. The van der Waals surface area contributed by atoms with Gasteiger partial charge in [0, 0.05) is 12.1 Å². The highest BCUT2D eigenvalue weighted by Crippen LogP contribution is 2.37. The lowest BCUT2D eigenvalue weighted by molar-refractivity contribution is 0.00578. The maximum atomic E-state index is 12.7. The molecule has 0 saturated carbocycles. The van der Waals surface area contributed by atoms with E-state index in [0.717, 1.165) is 24.1 Å². The van der Waals surface area contributed by atoms with Crippen molar-refractivity contribution in [2.24, 2.45) is 0 Å². The minimum Gasteiger partial charge on any atom is -0.465 e. The zero-order chi connectivity index (χ0) is 26.5. The van der Waals surface area contributed by atoms with Crippen molar-refractivity contribution in [1.29, 1.82) is 0 Å². The number of aromatic nitrogens is 2. The summed E-state index contributed by atoms with van der Waals surface area (Å²) in [6.45, 7) is 14.0. The van der Waals surface area contributed by atoms with E-state index in [2.05, 4.69) is 9.97 Å². The molecule has 0 bridgehead atoms. The van der Waals surface area contributed by atoms with Crippen molar-refractivity contribution < 1.29 is 28.4 Å². The summed E-state index contributed by atoms with van der Waals surface area (Å²) >= 11 is 0. The number of nitrogens with one attached hydrogen (secondary N) is 1. The number of H-pyrrole nitrogens is 1. The summed E-state index contributed by atoms with van der Waals surface area (Å²) < 4.78 is 23.0. The third kappa shape index (κ3) is 5.02. The largest absolute Gasteiger partial charge is 0.495 e. The number of ether oxygens (including phenoxy) is 2. The molecule has 36 heavy (non-hydrogen) atoms. The molecular formula is C26H36BN3O6. The van der Waals surface area contributed by atoms with E-state index in [1.807, 2.05) is 60.6 Å². The van der Waals surface area contributed by atoms with Crippen LogP contribution in [0.2, 0.25) is 0 Å². The molecule has 1 atom stereocenters. The minimum atomic E-state index is -0.698. The van der Waals surface area contributed by atoms with Gasteiger partial charge in [-0.1, -0.05) is 12.1 Å². The van der Waals surface area contributed by atoms with Crippen LogP contribution in [0, 0.1) is 0 Å². The molecule has 10 heteroatoms. The van der Waals surface area contributed by atoms with Crippen LogP contribution in [0.1, 0.15) is 83.5 Å². The molecule has 2 saturated heterocycles. The van der Waals surface area contributed by atoms with Crippen LogP contribution in [0.3, 0.4) is 0 Å². The van der Waals surface area contributed by atoms with Gasteiger partial charge in [0.2, 0.25) is 0 Å². The maximum Gasteiger partial charge on any atom is 0.495 e. The van der Waals surface area contributed by atoms with E-state index in [1.165, 1.54) is 7.11 Å². The summed E-state index contributed by atoms with van der Waals surface area (Å²) in [6.07, 6.45) is 3.03. The van der Waals surface area contributed by atoms with Crippen LogP contribution in [0.5, 0.6) is 0 Å². The standard InChI is InChI=1S/C26H36BN3O6/c1-24(2,3)34-23(32)30-13-9-10-20(30)21-28-15-19(29-21)16-11-12-18(17(14-16)22(31)33-8)27-35-25(4,5)26(6,7)36-27/h11-12,14-15,20H,9-10,13H2,1-8H3,(H,28,29). The van der Waals surface area contributed by atoms with Gasteiger partial charge in [0.05, 0.1) is 41.8 Å². The Morgan fingerprint density at radius 1 is 1.17 bits per heavy atom. The van der Waals surface area contributed by atoms with E-state index in [1.54, 1.807) is 17.2 Å². The monoisotopic (exact) mass is 497 g/mol. The molecule has 3 heterocycles. The first-order valence-electron chi connectivity index (χ1n) is 12.4. The average Bonchev–Trinajstić information content (AvgIpc) is 3.49. The van der Waals surface area contributed by atoms with Crippen molar-refractivity contribution in [1.82, 2.24) is 14.9 Å². The number of rotatable bonds is 4. The number of aromatic amines is 1. The number of nitrogens with zero attached hydrogens (tertiary/aromatic N) is 2. The van der Waals surface area contributed by atoms with Crippen molar-refractivity contribution >= 4 is 24.6 Å². The number of esters is 1. The smallest absolute Gasteiger partial charge is 0.465 e. The molecule has 0 aliphatic carbocycles. The van der Waals surface area contributed by atoms with Crippen molar-refractivity contribution in [3.63, 3.8) is 0 Å². The summed E-state index contributed by atoms with van der Waals surface area (Å²) in [6, 6.07) is 5.28. The van der Waals surface area contributed by atoms with Gasteiger partial charge in [-0.2, -0.15) is 0 Å². The van der Waals surface area contributed by atoms with Crippen LogP contribution in [-0.2, 0) is 18.8 Å². The highest BCUT2D eigenvalue weighted by atomic mass is 16.7. The molecule has 2 fully saturated rings. The molecule has 0 spiro atoms. The van der Waals surface area contributed by atoms with Crippen LogP contribution < -0.4 is 5.46 Å². The fourth-order valence-corrected chi connectivity index (χ4v) is 4.43. The van der Waals surface area contributed by atoms with Crippen LogP contribution >= 0.6 is 0 Å². The Labute approximate surface area is 213 Å². The van der Waals surface area contributed by atoms with E-state index in [-0.39, 0.29) is 12.1 Å². The van der Waals surface area contributed by atoms with Crippen molar-refractivity contribution in [3.8, 4) is 11.3 Å². The second kappa shape index (κ2) is 9.23. The quantitative estimate of drug-likeness (QED) is 0.498. The number of benzene rings is 1. The Bertz CT molecular complexity index is 1140. The second-order valence-electron chi connectivity index (χ2n) is 11.4. The van der Waals surface area contributed by atoms with Crippen LogP contribution in [0.25, 0.3) is 11.3 Å². The van der Waals surface area contributed by atoms with Crippen LogP contribution in [-0.4, -0.2) is 64.5 Å². The Kier molecular flexibility index (Phi) is 6.72. The Morgan fingerprint density at radius 2 is 1.83 bits per heavy atom. The number of likely N-dealkylation sites (tertiary alicyclic amines) is 1. The molecule has 2 aliphatic rings. The lowest BCUT2D eigenvalue weighted by Crippen LogP contribution is -2.41. The Hall–Kier alpha value is -2.85. The van der Waals surface area contributed by atoms with Crippen molar-refractivity contribution in [3.05, 3.63) is 35.8 Å². The number of hydrogen-bond donors (Lipinski definition) is 1. The third-order valence-corrected chi connectivity index (χ3v) is 7.07. The SMILES string of the molecule is COC(=O)c1cc(-c2cnc(C3CCCN3C(=O)OC(C)(C)C)[nH]2)ccc1B1OC(C)(C)C(C)(C)O1. The van der Waals surface area contributed by atoms with Gasteiger partial charge in [-0.3, -0.25) is 4.90 Å². The van der Waals surface area contributed by atoms with Crippen LogP contribution in [0.15, 0.2) is 24.4 Å².